The summed E-state index contributed by atoms with van der Waals surface area (Å²) < 4.78 is 34.7. The van der Waals surface area contributed by atoms with Crippen LogP contribution in [0.3, 0.4) is 0 Å². The number of nitrogens with one attached hydrogen (secondary N) is 1. The third kappa shape index (κ3) is 2.85. The third-order valence-corrected chi connectivity index (χ3v) is 3.56. The Bertz CT molecular complexity index is 807. The van der Waals surface area contributed by atoms with Crippen molar-refractivity contribution in [1.29, 1.82) is 0 Å². The molecule has 1 aromatic carbocycles. The van der Waals surface area contributed by atoms with Gasteiger partial charge in [0, 0.05) is 6.54 Å². The van der Waals surface area contributed by atoms with Gasteiger partial charge in [-0.2, -0.15) is 0 Å². The maximum Gasteiger partial charge on any atom is 0.586 e. The number of rotatable bonds is 3. The van der Waals surface area contributed by atoms with Gasteiger partial charge < -0.3 is 9.47 Å². The number of fused-ring (bicyclic) bond motifs is 1. The van der Waals surface area contributed by atoms with Crippen LogP contribution in [0.25, 0.3) is 6.08 Å². The Balaban J connectivity index is 1.93. The number of benzene rings is 1. The van der Waals surface area contributed by atoms with Crippen molar-refractivity contribution in [2.75, 3.05) is 6.54 Å². The van der Waals surface area contributed by atoms with E-state index in [4.69, 9.17) is 12.2 Å². The standard InChI is InChI=1S/C15H10F2N2O4S/c1-2-5-19-13(21)9(12(20)18-14(19)24)6-8-3-4-10-11(7-8)23-15(16,17)22-10/h2-4,6-7H,1,5H2,(H,18,20,24). The average Bonchev–Trinajstić information content (AvgIpc) is 2.81. The number of carbonyl (C=O) groups is 2. The number of thiocarbonyl (C=S) groups is 1. The van der Waals surface area contributed by atoms with E-state index in [-0.39, 0.29) is 28.7 Å². The molecule has 0 unspecified atom stereocenters. The SMILES string of the molecule is C=CCN1C(=O)C(=Cc2ccc3c(c2)OC(F)(F)O3)C(=O)NC1=S. The fraction of sp³-hybridized carbons (Fsp3) is 0.133. The fourth-order valence-corrected chi connectivity index (χ4v) is 2.46. The van der Waals surface area contributed by atoms with Gasteiger partial charge in [0.05, 0.1) is 0 Å². The molecule has 2 aliphatic rings. The molecule has 2 amide bonds. The predicted molar refractivity (Wildman–Crippen MR) is 83.3 cm³/mol. The molecule has 0 aromatic heterocycles. The van der Waals surface area contributed by atoms with Crippen LogP contribution in [0.2, 0.25) is 0 Å². The van der Waals surface area contributed by atoms with Gasteiger partial charge in [-0.3, -0.25) is 19.8 Å². The molecule has 1 saturated heterocycles. The van der Waals surface area contributed by atoms with Crippen LogP contribution in [0.15, 0.2) is 36.4 Å². The van der Waals surface area contributed by atoms with Crippen molar-refractivity contribution in [2.45, 2.75) is 6.29 Å². The first-order valence-electron chi connectivity index (χ1n) is 6.70. The van der Waals surface area contributed by atoms with Crippen LogP contribution in [-0.4, -0.2) is 34.7 Å². The summed E-state index contributed by atoms with van der Waals surface area (Å²) in [7, 11) is 0. The zero-order valence-corrected chi connectivity index (χ0v) is 12.9. The van der Waals surface area contributed by atoms with Crippen LogP contribution < -0.4 is 14.8 Å². The average molecular weight is 352 g/mol. The molecule has 1 fully saturated rings. The minimum absolute atomic E-state index is 0.0209. The summed E-state index contributed by atoms with van der Waals surface area (Å²) in [5.41, 5.74) is 0.135. The monoisotopic (exact) mass is 352 g/mol. The van der Waals surface area contributed by atoms with Gasteiger partial charge in [-0.05, 0) is 36.0 Å². The minimum Gasteiger partial charge on any atom is -0.395 e. The van der Waals surface area contributed by atoms with E-state index >= 15 is 0 Å². The Morgan fingerprint density at radius 1 is 1.29 bits per heavy atom. The van der Waals surface area contributed by atoms with E-state index < -0.39 is 18.1 Å². The van der Waals surface area contributed by atoms with Gasteiger partial charge in [0.15, 0.2) is 16.6 Å². The zero-order valence-electron chi connectivity index (χ0n) is 12.0. The maximum atomic E-state index is 13.0. The smallest absolute Gasteiger partial charge is 0.395 e. The number of alkyl halides is 2. The highest BCUT2D eigenvalue weighted by atomic mass is 32.1. The number of nitrogens with zero attached hydrogens (tertiary/aromatic N) is 1. The van der Waals surface area contributed by atoms with Gasteiger partial charge >= 0.3 is 6.29 Å². The van der Waals surface area contributed by atoms with Gasteiger partial charge in [-0.15, -0.1) is 15.4 Å². The van der Waals surface area contributed by atoms with E-state index in [1.807, 2.05) is 0 Å². The lowest BCUT2D eigenvalue weighted by Crippen LogP contribution is -2.53. The van der Waals surface area contributed by atoms with Crippen molar-refractivity contribution in [3.8, 4) is 11.5 Å². The molecule has 1 aromatic rings. The van der Waals surface area contributed by atoms with Crippen LogP contribution in [0.1, 0.15) is 5.56 Å². The topological polar surface area (TPSA) is 67.9 Å². The Kier molecular flexibility index (Phi) is 3.80. The molecule has 0 bridgehead atoms. The molecular formula is C15H10F2N2O4S. The summed E-state index contributed by atoms with van der Waals surface area (Å²) in [5.74, 6) is -1.59. The molecule has 0 aliphatic carbocycles. The Hall–Kier alpha value is -2.81. The Labute approximate surface area is 140 Å². The highest BCUT2D eigenvalue weighted by Crippen LogP contribution is 2.41. The Morgan fingerprint density at radius 3 is 2.71 bits per heavy atom. The molecule has 0 radical (unpaired) electrons. The summed E-state index contributed by atoms with van der Waals surface area (Å²) in [5, 5.41) is 2.36. The molecule has 0 atom stereocenters. The number of halogens is 2. The number of carbonyl (C=O) groups excluding carboxylic acids is 2. The second-order valence-electron chi connectivity index (χ2n) is 4.90. The van der Waals surface area contributed by atoms with Crippen LogP contribution in [0.4, 0.5) is 8.78 Å². The lowest BCUT2D eigenvalue weighted by molar-refractivity contribution is -0.286. The highest BCUT2D eigenvalue weighted by Gasteiger charge is 2.43. The fourth-order valence-electron chi connectivity index (χ4n) is 2.21. The second-order valence-corrected chi connectivity index (χ2v) is 5.28. The molecule has 3 rings (SSSR count). The lowest BCUT2D eigenvalue weighted by Gasteiger charge is -2.27. The number of ether oxygens (including phenoxy) is 2. The molecule has 0 saturated carbocycles. The molecule has 124 valence electrons. The van der Waals surface area contributed by atoms with Gasteiger partial charge in [0.25, 0.3) is 11.8 Å². The van der Waals surface area contributed by atoms with E-state index in [1.54, 1.807) is 0 Å². The number of amides is 2. The normalized spacial score (nSPS) is 20.3. The maximum absolute atomic E-state index is 13.0. The second kappa shape index (κ2) is 5.68. The number of hydrogen-bond acceptors (Lipinski definition) is 5. The van der Waals surface area contributed by atoms with E-state index in [2.05, 4.69) is 21.4 Å². The van der Waals surface area contributed by atoms with E-state index in [0.717, 1.165) is 4.90 Å². The Morgan fingerprint density at radius 2 is 2.00 bits per heavy atom. The molecule has 1 N–H and O–H groups in total. The summed E-state index contributed by atoms with van der Waals surface area (Å²) >= 11 is 4.93. The minimum atomic E-state index is -3.74. The molecule has 2 aliphatic heterocycles. The quantitative estimate of drug-likeness (QED) is 0.389. The molecule has 24 heavy (non-hydrogen) atoms. The van der Waals surface area contributed by atoms with Crippen molar-refractivity contribution in [1.82, 2.24) is 10.2 Å². The van der Waals surface area contributed by atoms with Gasteiger partial charge in [-0.25, -0.2) is 0 Å². The van der Waals surface area contributed by atoms with Gasteiger partial charge in [0.2, 0.25) is 0 Å². The lowest BCUT2D eigenvalue weighted by atomic mass is 10.1. The van der Waals surface area contributed by atoms with Crippen molar-refractivity contribution in [2.24, 2.45) is 0 Å². The van der Waals surface area contributed by atoms with Crippen LogP contribution in [-0.2, 0) is 9.59 Å². The van der Waals surface area contributed by atoms with E-state index in [9.17, 15) is 18.4 Å². The highest BCUT2D eigenvalue weighted by molar-refractivity contribution is 7.80. The van der Waals surface area contributed by atoms with E-state index in [1.165, 1.54) is 30.4 Å². The summed E-state index contributed by atoms with van der Waals surface area (Å²) in [6.07, 6.45) is -1.02. The van der Waals surface area contributed by atoms with Gasteiger partial charge in [0.1, 0.15) is 5.57 Å². The van der Waals surface area contributed by atoms with Crippen LogP contribution in [0.5, 0.6) is 11.5 Å². The van der Waals surface area contributed by atoms with Crippen molar-refractivity contribution in [3.63, 3.8) is 0 Å². The molecule has 9 heteroatoms. The van der Waals surface area contributed by atoms with Gasteiger partial charge in [-0.1, -0.05) is 12.1 Å². The third-order valence-electron chi connectivity index (χ3n) is 3.23. The summed E-state index contributed by atoms with van der Waals surface area (Å²) in [4.78, 5) is 25.5. The molecule has 6 nitrogen and oxygen atoms in total. The molecule has 2 heterocycles. The van der Waals surface area contributed by atoms with Crippen molar-refractivity contribution < 1.29 is 27.8 Å². The first kappa shape index (κ1) is 16.1. The molecular weight excluding hydrogens is 342 g/mol. The van der Waals surface area contributed by atoms with E-state index in [0.29, 0.717) is 5.56 Å². The first-order chi connectivity index (χ1) is 11.3. The predicted octanol–water partition coefficient (Wildman–Crippen LogP) is 1.82. The van der Waals surface area contributed by atoms with Crippen LogP contribution in [0, 0.1) is 0 Å². The van der Waals surface area contributed by atoms with Crippen molar-refractivity contribution in [3.05, 3.63) is 42.0 Å². The molecule has 0 spiro atoms. The summed E-state index contributed by atoms with van der Waals surface area (Å²) in [6, 6.07) is 3.93. The number of hydrogen-bond donors (Lipinski definition) is 1. The summed E-state index contributed by atoms with van der Waals surface area (Å²) in [6.45, 7) is 3.65. The van der Waals surface area contributed by atoms with Crippen LogP contribution >= 0.6 is 12.2 Å². The van der Waals surface area contributed by atoms with Crippen molar-refractivity contribution >= 4 is 35.2 Å². The largest absolute Gasteiger partial charge is 0.586 e. The zero-order chi connectivity index (χ0) is 17.5. The first-order valence-corrected chi connectivity index (χ1v) is 7.11.